The van der Waals surface area contributed by atoms with Crippen molar-refractivity contribution in [1.29, 1.82) is 0 Å². The molecule has 0 bridgehead atoms. The highest BCUT2D eigenvalue weighted by Crippen LogP contribution is 2.26. The van der Waals surface area contributed by atoms with Crippen LogP contribution in [0.2, 0.25) is 5.22 Å². The third kappa shape index (κ3) is 4.31. The number of hydrogen-bond acceptors (Lipinski definition) is 5. The molecule has 5 nitrogen and oxygen atoms in total. The largest absolute Gasteiger partial charge is 0.453 e. The Labute approximate surface area is 106 Å². The molecule has 0 aliphatic carbocycles. The summed E-state index contributed by atoms with van der Waals surface area (Å²) >= 11 is 5.83. The normalized spacial score (nSPS) is 13.8. The maximum absolute atomic E-state index is 11.3. The number of rotatable bonds is 7. The van der Waals surface area contributed by atoms with Gasteiger partial charge in [-0.05, 0) is 30.5 Å². The van der Waals surface area contributed by atoms with Crippen LogP contribution in [0.5, 0.6) is 0 Å². The number of furan rings is 1. The summed E-state index contributed by atoms with van der Waals surface area (Å²) in [5, 5.41) is 0.284. The monoisotopic (exact) mass is 280 g/mol. The van der Waals surface area contributed by atoms with E-state index < -0.39 is 9.84 Å². The topological polar surface area (TPSA) is 85.3 Å². The smallest absolute Gasteiger partial charge is 0.197 e. The van der Waals surface area contributed by atoms with Crippen molar-refractivity contribution in [1.82, 2.24) is 5.43 Å². The molecule has 0 aromatic carbocycles. The lowest BCUT2D eigenvalue weighted by Crippen LogP contribution is -2.28. The van der Waals surface area contributed by atoms with Gasteiger partial charge in [-0.2, -0.15) is 0 Å². The fourth-order valence-electron chi connectivity index (χ4n) is 1.53. The number of hydrogen-bond donors (Lipinski definition) is 2. The SMILES string of the molecule is CCS(=O)(=O)CCCC(NN)c1ccoc1Cl. The molecule has 0 fully saturated rings. The van der Waals surface area contributed by atoms with Gasteiger partial charge in [-0.1, -0.05) is 6.92 Å². The van der Waals surface area contributed by atoms with E-state index in [9.17, 15) is 8.42 Å². The molecule has 0 aliphatic rings. The van der Waals surface area contributed by atoms with Gasteiger partial charge in [0.1, 0.15) is 9.84 Å². The van der Waals surface area contributed by atoms with Crippen LogP contribution in [-0.4, -0.2) is 19.9 Å². The fraction of sp³-hybridized carbons (Fsp3) is 0.600. The Hall–Kier alpha value is -0.560. The molecule has 3 N–H and O–H groups in total. The first kappa shape index (κ1) is 14.5. The Balaban J connectivity index is 2.52. The van der Waals surface area contributed by atoms with E-state index in [1.807, 2.05) is 0 Å². The second-order valence-electron chi connectivity index (χ2n) is 3.75. The van der Waals surface area contributed by atoms with Crippen molar-refractivity contribution in [3.05, 3.63) is 23.1 Å². The zero-order valence-corrected chi connectivity index (χ0v) is 11.2. The van der Waals surface area contributed by atoms with Crippen molar-refractivity contribution >= 4 is 21.4 Å². The molecular formula is C10H17ClN2O3S. The summed E-state index contributed by atoms with van der Waals surface area (Å²) < 4.78 is 27.6. The Bertz CT molecular complexity index is 444. The molecule has 7 heteroatoms. The van der Waals surface area contributed by atoms with Crippen LogP contribution in [0.4, 0.5) is 0 Å². The fourth-order valence-corrected chi connectivity index (χ4v) is 2.68. The minimum absolute atomic E-state index is 0.164. The average molecular weight is 281 g/mol. The van der Waals surface area contributed by atoms with Crippen LogP contribution >= 0.6 is 11.6 Å². The van der Waals surface area contributed by atoms with Crippen LogP contribution in [0.1, 0.15) is 31.4 Å². The highest BCUT2D eigenvalue weighted by Gasteiger charge is 2.16. The zero-order chi connectivity index (χ0) is 12.9. The van der Waals surface area contributed by atoms with Gasteiger partial charge in [0.25, 0.3) is 0 Å². The molecule has 1 aromatic heterocycles. The van der Waals surface area contributed by atoms with E-state index in [4.69, 9.17) is 21.9 Å². The zero-order valence-electron chi connectivity index (χ0n) is 9.65. The lowest BCUT2D eigenvalue weighted by Gasteiger charge is -2.14. The van der Waals surface area contributed by atoms with Gasteiger partial charge in [0, 0.05) is 11.3 Å². The minimum atomic E-state index is -2.93. The lowest BCUT2D eigenvalue weighted by atomic mass is 10.1. The molecule has 0 aliphatic heterocycles. The van der Waals surface area contributed by atoms with Crippen molar-refractivity contribution < 1.29 is 12.8 Å². The average Bonchev–Trinajstić information content (AvgIpc) is 2.71. The highest BCUT2D eigenvalue weighted by atomic mass is 35.5. The summed E-state index contributed by atoms with van der Waals surface area (Å²) in [6, 6.07) is 1.54. The predicted molar refractivity (Wildman–Crippen MR) is 67.3 cm³/mol. The van der Waals surface area contributed by atoms with Gasteiger partial charge >= 0.3 is 0 Å². The van der Waals surface area contributed by atoms with E-state index in [0.717, 1.165) is 5.56 Å². The number of sulfone groups is 1. The Morgan fingerprint density at radius 2 is 2.29 bits per heavy atom. The predicted octanol–water partition coefficient (Wildman–Crippen LogP) is 1.65. The minimum Gasteiger partial charge on any atom is -0.453 e. The van der Waals surface area contributed by atoms with Crippen LogP contribution < -0.4 is 11.3 Å². The molecule has 0 saturated carbocycles. The van der Waals surface area contributed by atoms with Gasteiger partial charge in [-0.25, -0.2) is 8.42 Å². The van der Waals surface area contributed by atoms with Gasteiger partial charge in [-0.3, -0.25) is 11.3 Å². The van der Waals surface area contributed by atoms with Crippen LogP contribution in [0, 0.1) is 0 Å². The van der Waals surface area contributed by atoms with Crippen molar-refractivity contribution in [2.75, 3.05) is 11.5 Å². The van der Waals surface area contributed by atoms with Crippen molar-refractivity contribution in [2.45, 2.75) is 25.8 Å². The molecule has 0 radical (unpaired) electrons. The van der Waals surface area contributed by atoms with E-state index in [0.29, 0.717) is 12.8 Å². The van der Waals surface area contributed by atoms with E-state index in [2.05, 4.69) is 5.43 Å². The molecule has 1 aromatic rings. The third-order valence-electron chi connectivity index (χ3n) is 2.61. The standard InChI is InChI=1S/C10H17ClN2O3S/c1-2-17(14,15)7-3-4-9(13-12)8-5-6-16-10(8)11/h5-6,9,13H,2-4,7,12H2,1H3. The quantitative estimate of drug-likeness (QED) is 0.586. The number of nitrogens with two attached hydrogens (primary N) is 1. The maximum atomic E-state index is 11.3. The van der Waals surface area contributed by atoms with Crippen LogP contribution in [0.3, 0.4) is 0 Å². The number of hydrazine groups is 1. The third-order valence-corrected chi connectivity index (χ3v) is 4.71. The Kier molecular flexibility index (Phi) is 5.45. The molecule has 0 amide bonds. The summed E-state index contributed by atoms with van der Waals surface area (Å²) in [6.07, 6.45) is 2.60. The van der Waals surface area contributed by atoms with E-state index >= 15 is 0 Å². The van der Waals surface area contributed by atoms with Gasteiger partial charge in [0.2, 0.25) is 0 Å². The van der Waals surface area contributed by atoms with Crippen molar-refractivity contribution in [2.24, 2.45) is 5.84 Å². The molecule has 1 atom stereocenters. The van der Waals surface area contributed by atoms with Crippen molar-refractivity contribution in [3.8, 4) is 0 Å². The number of halogens is 1. The molecule has 0 saturated heterocycles. The molecule has 1 rings (SSSR count). The van der Waals surface area contributed by atoms with Gasteiger partial charge in [0.15, 0.2) is 5.22 Å². The summed E-state index contributed by atoms with van der Waals surface area (Å²) in [5.41, 5.74) is 3.36. The number of nitrogens with one attached hydrogen (secondary N) is 1. The highest BCUT2D eigenvalue weighted by molar-refractivity contribution is 7.91. The summed E-state index contributed by atoms with van der Waals surface area (Å²) in [6.45, 7) is 1.64. The first-order valence-electron chi connectivity index (χ1n) is 5.39. The van der Waals surface area contributed by atoms with Crippen LogP contribution in [-0.2, 0) is 9.84 Å². The van der Waals surface area contributed by atoms with Crippen LogP contribution in [0.25, 0.3) is 0 Å². The second kappa shape index (κ2) is 6.39. The van der Waals surface area contributed by atoms with E-state index in [1.54, 1.807) is 13.0 Å². The Morgan fingerprint density at radius 1 is 1.59 bits per heavy atom. The van der Waals surface area contributed by atoms with Crippen molar-refractivity contribution in [3.63, 3.8) is 0 Å². The first-order valence-corrected chi connectivity index (χ1v) is 7.59. The summed E-state index contributed by atoms with van der Waals surface area (Å²) in [5.74, 6) is 5.75. The molecular weight excluding hydrogens is 264 g/mol. The van der Waals surface area contributed by atoms with E-state index in [-0.39, 0.29) is 22.8 Å². The van der Waals surface area contributed by atoms with Gasteiger partial charge in [-0.15, -0.1) is 0 Å². The maximum Gasteiger partial charge on any atom is 0.197 e. The van der Waals surface area contributed by atoms with Gasteiger partial charge in [0.05, 0.1) is 18.1 Å². The Morgan fingerprint density at radius 3 is 2.76 bits per heavy atom. The molecule has 98 valence electrons. The molecule has 17 heavy (non-hydrogen) atoms. The summed E-state index contributed by atoms with van der Waals surface area (Å²) in [4.78, 5) is 0. The summed E-state index contributed by atoms with van der Waals surface area (Å²) in [7, 11) is -2.93. The molecule has 1 heterocycles. The second-order valence-corrected chi connectivity index (χ2v) is 6.56. The van der Waals surface area contributed by atoms with Crippen LogP contribution in [0.15, 0.2) is 16.7 Å². The van der Waals surface area contributed by atoms with E-state index in [1.165, 1.54) is 6.26 Å². The first-order chi connectivity index (χ1) is 8.00. The van der Waals surface area contributed by atoms with Gasteiger partial charge < -0.3 is 4.42 Å². The molecule has 0 spiro atoms. The molecule has 1 unspecified atom stereocenters. The lowest BCUT2D eigenvalue weighted by molar-refractivity contribution is 0.496.